The van der Waals surface area contributed by atoms with E-state index in [1.54, 1.807) is 0 Å². The second-order valence-corrected chi connectivity index (χ2v) is 2.57. The molecule has 1 aromatic carbocycles. The normalized spacial score (nSPS) is 9.00. The Hall–Kier alpha value is -0.940. The molecule has 4 N–H and O–H groups in total. The number of phenolic OH excluding ortho intramolecular Hbond substituents is 1. The van der Waals surface area contributed by atoms with Gasteiger partial charge in [0, 0.05) is 0 Å². The summed E-state index contributed by atoms with van der Waals surface area (Å²) in [4.78, 5) is 10.5. The van der Waals surface area contributed by atoms with Gasteiger partial charge in [0.05, 0.1) is 16.3 Å². The lowest BCUT2D eigenvalue weighted by Gasteiger charge is -2.03. The van der Waals surface area contributed by atoms with Crippen molar-refractivity contribution in [3.8, 4) is 5.75 Å². The minimum Gasteiger partial charge on any atom is -0.504 e. The molecule has 0 saturated carbocycles. The van der Waals surface area contributed by atoms with Gasteiger partial charge in [-0.3, -0.25) is 0 Å². The highest BCUT2D eigenvalue weighted by Crippen LogP contribution is 2.31. The number of nitrogens with two attached hydrogens (primary N) is 1. The molecule has 0 aliphatic heterocycles. The number of phenols is 1. The molecule has 1 aromatic rings. The van der Waals surface area contributed by atoms with E-state index >= 15 is 0 Å². The standard InChI is InChI=1S/C7H6ClNO3.BrH/c8-4-2-1-3(7(11)12)5(9)6(4)10;/h1-2,10H,9H2,(H,11,12);1H. The number of hydrogen-bond donors (Lipinski definition) is 3. The van der Waals surface area contributed by atoms with Crippen LogP contribution in [0.3, 0.4) is 0 Å². The number of carboxylic acids is 1. The Balaban J connectivity index is 0.00000144. The smallest absolute Gasteiger partial charge is 0.337 e. The van der Waals surface area contributed by atoms with Crippen LogP contribution >= 0.6 is 28.6 Å². The molecule has 6 heteroatoms. The molecule has 0 fully saturated rings. The Bertz CT molecular complexity index is 343. The summed E-state index contributed by atoms with van der Waals surface area (Å²) in [5.41, 5.74) is 4.90. The number of aromatic hydroxyl groups is 1. The maximum atomic E-state index is 10.5. The number of nitrogen functional groups attached to an aromatic ring is 1. The number of benzene rings is 1. The van der Waals surface area contributed by atoms with Crippen LogP contribution < -0.4 is 5.73 Å². The Morgan fingerprint density at radius 2 is 2.00 bits per heavy atom. The molecule has 4 nitrogen and oxygen atoms in total. The van der Waals surface area contributed by atoms with Crippen molar-refractivity contribution in [1.29, 1.82) is 0 Å². The zero-order valence-electron chi connectivity index (χ0n) is 6.32. The summed E-state index contributed by atoms with van der Waals surface area (Å²) < 4.78 is 0. The van der Waals surface area contributed by atoms with Crippen molar-refractivity contribution in [2.45, 2.75) is 0 Å². The van der Waals surface area contributed by atoms with Gasteiger partial charge in [-0.15, -0.1) is 17.0 Å². The molecule has 0 unspecified atom stereocenters. The van der Waals surface area contributed by atoms with Crippen molar-refractivity contribution in [2.24, 2.45) is 0 Å². The third-order valence-corrected chi connectivity index (χ3v) is 1.70. The van der Waals surface area contributed by atoms with Crippen molar-refractivity contribution in [2.75, 3.05) is 5.73 Å². The lowest BCUT2D eigenvalue weighted by Crippen LogP contribution is -2.02. The monoisotopic (exact) mass is 267 g/mol. The number of aromatic carboxylic acids is 1. The maximum Gasteiger partial charge on any atom is 0.337 e. The van der Waals surface area contributed by atoms with E-state index < -0.39 is 11.7 Å². The molecule has 0 spiro atoms. The fourth-order valence-electron chi connectivity index (χ4n) is 0.768. The fourth-order valence-corrected chi connectivity index (χ4v) is 0.933. The molecule has 0 radical (unpaired) electrons. The number of halogens is 2. The van der Waals surface area contributed by atoms with E-state index in [2.05, 4.69) is 0 Å². The molecule has 0 atom stereocenters. The van der Waals surface area contributed by atoms with Gasteiger partial charge in [-0.25, -0.2) is 4.79 Å². The van der Waals surface area contributed by atoms with Crippen LogP contribution in [0.25, 0.3) is 0 Å². The largest absolute Gasteiger partial charge is 0.504 e. The summed E-state index contributed by atoms with van der Waals surface area (Å²) in [6.07, 6.45) is 0. The van der Waals surface area contributed by atoms with Gasteiger partial charge in [-0.1, -0.05) is 11.6 Å². The molecule has 0 bridgehead atoms. The molecule has 0 amide bonds. The number of anilines is 1. The molecule has 13 heavy (non-hydrogen) atoms. The van der Waals surface area contributed by atoms with E-state index in [9.17, 15) is 4.79 Å². The van der Waals surface area contributed by atoms with E-state index in [-0.39, 0.29) is 33.3 Å². The third-order valence-electron chi connectivity index (χ3n) is 1.40. The van der Waals surface area contributed by atoms with Gasteiger partial charge in [-0.2, -0.15) is 0 Å². The molecule has 72 valence electrons. The molecule has 0 aromatic heterocycles. The van der Waals surface area contributed by atoms with Crippen LogP contribution in [-0.2, 0) is 0 Å². The highest BCUT2D eigenvalue weighted by Gasteiger charge is 2.12. The van der Waals surface area contributed by atoms with Crippen molar-refractivity contribution in [3.05, 3.63) is 22.7 Å². The van der Waals surface area contributed by atoms with Crippen LogP contribution in [0.15, 0.2) is 12.1 Å². The molecular weight excluding hydrogens is 261 g/mol. The molecular formula is C7H7BrClNO3. The van der Waals surface area contributed by atoms with Gasteiger partial charge >= 0.3 is 5.97 Å². The number of rotatable bonds is 1. The van der Waals surface area contributed by atoms with E-state index in [1.807, 2.05) is 0 Å². The van der Waals surface area contributed by atoms with Crippen molar-refractivity contribution in [3.63, 3.8) is 0 Å². The quantitative estimate of drug-likeness (QED) is 0.536. The summed E-state index contributed by atoms with van der Waals surface area (Å²) in [7, 11) is 0. The minimum absolute atomic E-state index is 0. The van der Waals surface area contributed by atoms with Crippen LogP contribution in [0.5, 0.6) is 5.75 Å². The number of carboxylic acid groups (broad SMARTS) is 1. The van der Waals surface area contributed by atoms with Gasteiger partial charge in [0.25, 0.3) is 0 Å². The van der Waals surface area contributed by atoms with Crippen LogP contribution in [0, 0.1) is 0 Å². The van der Waals surface area contributed by atoms with Gasteiger partial charge in [-0.05, 0) is 12.1 Å². The van der Waals surface area contributed by atoms with Gasteiger partial charge in [0.15, 0.2) is 5.75 Å². The van der Waals surface area contributed by atoms with Crippen molar-refractivity contribution in [1.82, 2.24) is 0 Å². The molecule has 0 aliphatic rings. The SMILES string of the molecule is Br.Nc1c(C(=O)O)ccc(Cl)c1O. The van der Waals surface area contributed by atoms with Gasteiger partial charge in [0.2, 0.25) is 0 Å². The van der Waals surface area contributed by atoms with Crippen LogP contribution in [-0.4, -0.2) is 16.2 Å². The predicted molar refractivity (Wildman–Crippen MR) is 54.8 cm³/mol. The van der Waals surface area contributed by atoms with Gasteiger partial charge < -0.3 is 15.9 Å². The van der Waals surface area contributed by atoms with Gasteiger partial charge in [0.1, 0.15) is 0 Å². The zero-order chi connectivity index (χ0) is 9.30. The fraction of sp³-hybridized carbons (Fsp3) is 0. The molecule has 0 aliphatic carbocycles. The lowest BCUT2D eigenvalue weighted by molar-refractivity contribution is 0.0697. The van der Waals surface area contributed by atoms with Crippen molar-refractivity contribution < 1.29 is 15.0 Å². The zero-order valence-corrected chi connectivity index (χ0v) is 8.79. The van der Waals surface area contributed by atoms with Crippen LogP contribution in [0.4, 0.5) is 5.69 Å². The molecule has 1 rings (SSSR count). The Morgan fingerprint density at radius 1 is 1.46 bits per heavy atom. The van der Waals surface area contributed by atoms with E-state index in [0.717, 1.165) is 0 Å². The van der Waals surface area contributed by atoms with E-state index in [4.69, 9.17) is 27.5 Å². The molecule has 0 heterocycles. The minimum atomic E-state index is -1.19. The first kappa shape index (κ1) is 12.1. The highest BCUT2D eigenvalue weighted by molar-refractivity contribution is 8.93. The molecule has 0 saturated heterocycles. The van der Waals surface area contributed by atoms with E-state index in [0.29, 0.717) is 0 Å². The first-order valence-corrected chi connectivity index (χ1v) is 3.42. The van der Waals surface area contributed by atoms with Crippen molar-refractivity contribution >= 4 is 40.2 Å². The predicted octanol–water partition coefficient (Wildman–Crippen LogP) is 1.90. The average molecular weight is 268 g/mol. The Kier molecular flexibility index (Phi) is 4.03. The maximum absolute atomic E-state index is 10.5. The summed E-state index contributed by atoms with van der Waals surface area (Å²) >= 11 is 5.47. The summed E-state index contributed by atoms with van der Waals surface area (Å²) in [6, 6.07) is 2.51. The number of hydrogen-bond acceptors (Lipinski definition) is 3. The van der Waals surface area contributed by atoms with Crippen LogP contribution in [0.1, 0.15) is 10.4 Å². The summed E-state index contributed by atoms with van der Waals surface area (Å²) in [5.74, 6) is -1.59. The second-order valence-electron chi connectivity index (χ2n) is 2.16. The third kappa shape index (κ3) is 2.26. The Morgan fingerprint density at radius 3 is 2.46 bits per heavy atom. The average Bonchev–Trinajstić information content (AvgIpc) is 2.00. The highest BCUT2D eigenvalue weighted by atomic mass is 79.9. The number of carbonyl (C=O) groups is 1. The van der Waals surface area contributed by atoms with Crippen LogP contribution in [0.2, 0.25) is 5.02 Å². The second kappa shape index (κ2) is 4.34. The first-order valence-electron chi connectivity index (χ1n) is 3.04. The van der Waals surface area contributed by atoms with E-state index in [1.165, 1.54) is 12.1 Å². The topological polar surface area (TPSA) is 83.6 Å². The first-order chi connectivity index (χ1) is 5.54. The summed E-state index contributed by atoms with van der Waals surface area (Å²) in [6.45, 7) is 0. The Labute approximate surface area is 89.7 Å². The summed E-state index contributed by atoms with van der Waals surface area (Å²) in [5, 5.41) is 17.7. The lowest BCUT2D eigenvalue weighted by atomic mass is 10.1.